The average Bonchev–Trinajstić information content (AvgIpc) is 3.13. The van der Waals surface area contributed by atoms with Crippen LogP contribution in [0.15, 0.2) is 42.6 Å². The Labute approximate surface area is 164 Å². The largest absolute Gasteiger partial charge is 0.416 e. The van der Waals surface area contributed by atoms with Gasteiger partial charge >= 0.3 is 6.18 Å². The molecule has 1 amide bonds. The molecule has 0 N–H and O–H groups in total. The van der Waals surface area contributed by atoms with Crippen LogP contribution < -0.4 is 0 Å². The van der Waals surface area contributed by atoms with Gasteiger partial charge in [-0.15, -0.1) is 5.10 Å². The number of rotatable bonds is 2. The van der Waals surface area contributed by atoms with E-state index in [-0.39, 0.29) is 12.5 Å². The number of alkyl halides is 3. The molecule has 29 heavy (non-hydrogen) atoms. The first-order valence-corrected chi connectivity index (χ1v) is 8.94. The summed E-state index contributed by atoms with van der Waals surface area (Å²) in [5, 5.41) is 11.1. The molecule has 1 aliphatic heterocycles. The maximum absolute atomic E-state index is 13.1. The van der Waals surface area contributed by atoms with E-state index >= 15 is 0 Å². The lowest BCUT2D eigenvalue weighted by Crippen LogP contribution is -2.51. The zero-order chi connectivity index (χ0) is 20.8. The van der Waals surface area contributed by atoms with Crippen LogP contribution in [0.25, 0.3) is 5.65 Å². The molecule has 7 nitrogen and oxygen atoms in total. The Balaban J connectivity index is 1.62. The third-order valence-corrected chi connectivity index (χ3v) is 4.73. The van der Waals surface area contributed by atoms with Crippen molar-refractivity contribution in [3.63, 3.8) is 0 Å². The van der Waals surface area contributed by atoms with E-state index in [2.05, 4.69) is 15.5 Å². The number of pyridine rings is 1. The van der Waals surface area contributed by atoms with Crippen molar-refractivity contribution in [2.45, 2.75) is 31.7 Å². The van der Waals surface area contributed by atoms with Crippen LogP contribution in [0.5, 0.6) is 0 Å². The topological polar surface area (TPSA) is 72.6 Å². The Morgan fingerprint density at radius 2 is 2.03 bits per heavy atom. The highest BCUT2D eigenvalue weighted by atomic mass is 19.4. The SMILES string of the molecule is CC1(C)CN(C(=O)c2ccc3nnnn3c2)CC(c2cccc(C(F)(F)F)c2)O1. The van der Waals surface area contributed by atoms with Crippen LogP contribution in [0.3, 0.4) is 0 Å². The van der Waals surface area contributed by atoms with Gasteiger partial charge in [-0.1, -0.05) is 12.1 Å². The summed E-state index contributed by atoms with van der Waals surface area (Å²) in [4.78, 5) is 14.6. The number of tetrazole rings is 1. The smallest absolute Gasteiger partial charge is 0.364 e. The Morgan fingerprint density at radius 1 is 1.24 bits per heavy atom. The van der Waals surface area contributed by atoms with Crippen molar-refractivity contribution in [3.05, 3.63) is 59.3 Å². The fourth-order valence-electron chi connectivity index (χ4n) is 3.48. The maximum atomic E-state index is 13.1. The van der Waals surface area contributed by atoms with Crippen molar-refractivity contribution < 1.29 is 22.7 Å². The standard InChI is InChI=1S/C19H18F3N5O2/c1-18(2)11-26(17(28)13-6-7-16-23-24-25-27(16)9-13)10-15(29-18)12-4-3-5-14(8-12)19(20,21)22/h3-9,15H,10-11H2,1-2H3. The van der Waals surface area contributed by atoms with E-state index in [1.165, 1.54) is 16.8 Å². The quantitative estimate of drug-likeness (QED) is 0.655. The molecule has 0 aliphatic carbocycles. The zero-order valence-corrected chi connectivity index (χ0v) is 15.7. The highest BCUT2D eigenvalue weighted by Gasteiger charge is 2.38. The van der Waals surface area contributed by atoms with Crippen molar-refractivity contribution in [3.8, 4) is 0 Å². The first-order chi connectivity index (χ1) is 13.6. The van der Waals surface area contributed by atoms with Gasteiger partial charge in [0.05, 0.1) is 23.3 Å². The predicted molar refractivity (Wildman–Crippen MR) is 96.0 cm³/mol. The zero-order valence-electron chi connectivity index (χ0n) is 15.7. The molecule has 0 bridgehead atoms. The summed E-state index contributed by atoms with van der Waals surface area (Å²) >= 11 is 0. The van der Waals surface area contributed by atoms with Crippen molar-refractivity contribution in [1.82, 2.24) is 24.9 Å². The van der Waals surface area contributed by atoms with Crippen LogP contribution in [-0.4, -0.2) is 49.5 Å². The van der Waals surface area contributed by atoms with Crippen molar-refractivity contribution >= 4 is 11.6 Å². The van der Waals surface area contributed by atoms with E-state index in [4.69, 9.17) is 4.74 Å². The number of carbonyl (C=O) groups is 1. The second-order valence-corrected chi connectivity index (χ2v) is 7.57. The Hall–Kier alpha value is -3.01. The number of aromatic nitrogens is 4. The summed E-state index contributed by atoms with van der Waals surface area (Å²) in [6.45, 7) is 4.04. The maximum Gasteiger partial charge on any atom is 0.416 e. The lowest BCUT2D eigenvalue weighted by atomic mass is 9.99. The number of hydrogen-bond acceptors (Lipinski definition) is 5. The van der Waals surface area contributed by atoms with Crippen molar-refractivity contribution in [2.24, 2.45) is 0 Å². The summed E-state index contributed by atoms with van der Waals surface area (Å²) in [5.41, 5.74) is -0.215. The highest BCUT2D eigenvalue weighted by molar-refractivity contribution is 5.94. The fourth-order valence-corrected chi connectivity index (χ4v) is 3.48. The Kier molecular flexibility index (Phi) is 4.53. The molecule has 152 valence electrons. The molecule has 3 heterocycles. The number of nitrogens with zero attached hydrogens (tertiary/aromatic N) is 5. The second-order valence-electron chi connectivity index (χ2n) is 7.57. The lowest BCUT2D eigenvalue weighted by molar-refractivity contribution is -0.138. The number of morpholine rings is 1. The van der Waals surface area contributed by atoms with Crippen LogP contribution in [0, 0.1) is 0 Å². The predicted octanol–water partition coefficient (Wildman–Crippen LogP) is 3.14. The molecular weight excluding hydrogens is 387 g/mol. The van der Waals surface area contributed by atoms with Crippen molar-refractivity contribution in [2.75, 3.05) is 13.1 Å². The van der Waals surface area contributed by atoms with Gasteiger partial charge in [0.25, 0.3) is 5.91 Å². The molecule has 2 aromatic heterocycles. The van der Waals surface area contributed by atoms with Crippen LogP contribution in [0.4, 0.5) is 13.2 Å². The van der Waals surface area contributed by atoms with E-state index in [1.54, 1.807) is 36.9 Å². The van der Waals surface area contributed by atoms with Gasteiger partial charge in [0, 0.05) is 12.7 Å². The van der Waals surface area contributed by atoms with Crippen LogP contribution in [0.2, 0.25) is 0 Å². The summed E-state index contributed by atoms with van der Waals surface area (Å²) in [7, 11) is 0. The average molecular weight is 405 g/mol. The molecule has 1 unspecified atom stereocenters. The fraction of sp³-hybridized carbons (Fsp3) is 0.368. The number of ether oxygens (including phenoxy) is 1. The van der Waals surface area contributed by atoms with Crippen LogP contribution in [0.1, 0.15) is 41.4 Å². The third-order valence-electron chi connectivity index (χ3n) is 4.73. The molecule has 1 aliphatic rings. The molecule has 4 rings (SSSR count). The molecular formula is C19H18F3N5O2. The second kappa shape index (κ2) is 6.80. The van der Waals surface area contributed by atoms with Gasteiger partial charge in [0.15, 0.2) is 5.65 Å². The molecule has 10 heteroatoms. The van der Waals surface area contributed by atoms with E-state index in [9.17, 15) is 18.0 Å². The molecule has 3 aromatic rings. The summed E-state index contributed by atoms with van der Waals surface area (Å²) in [6, 6.07) is 8.26. The van der Waals surface area contributed by atoms with Gasteiger partial charge in [-0.3, -0.25) is 4.79 Å². The molecule has 1 atom stereocenters. The summed E-state index contributed by atoms with van der Waals surface area (Å²) < 4.78 is 46.7. The van der Waals surface area contributed by atoms with Gasteiger partial charge in [-0.25, -0.2) is 0 Å². The molecule has 1 fully saturated rings. The number of fused-ring (bicyclic) bond motifs is 1. The monoisotopic (exact) mass is 405 g/mol. The first kappa shape index (κ1) is 19.3. The number of carbonyl (C=O) groups excluding carboxylic acids is 1. The Morgan fingerprint density at radius 3 is 2.79 bits per heavy atom. The molecule has 0 spiro atoms. The minimum absolute atomic E-state index is 0.136. The molecule has 0 saturated carbocycles. The van der Waals surface area contributed by atoms with Crippen LogP contribution in [-0.2, 0) is 10.9 Å². The highest BCUT2D eigenvalue weighted by Crippen LogP contribution is 2.35. The number of benzene rings is 1. The van der Waals surface area contributed by atoms with Crippen molar-refractivity contribution in [1.29, 1.82) is 0 Å². The van der Waals surface area contributed by atoms with Gasteiger partial charge < -0.3 is 9.64 Å². The van der Waals surface area contributed by atoms with Gasteiger partial charge in [-0.2, -0.15) is 17.7 Å². The molecule has 0 radical (unpaired) electrons. The van der Waals surface area contributed by atoms with E-state index in [1.807, 2.05) is 0 Å². The third kappa shape index (κ3) is 3.93. The minimum atomic E-state index is -4.45. The summed E-state index contributed by atoms with van der Waals surface area (Å²) in [5.74, 6) is -0.268. The number of halogens is 3. The van der Waals surface area contributed by atoms with Gasteiger partial charge in [0.1, 0.15) is 6.10 Å². The van der Waals surface area contributed by atoms with E-state index in [0.717, 1.165) is 12.1 Å². The Bertz CT molecular complexity index is 1060. The minimum Gasteiger partial charge on any atom is -0.364 e. The normalized spacial score (nSPS) is 19.5. The van der Waals surface area contributed by atoms with E-state index < -0.39 is 23.4 Å². The summed E-state index contributed by atoms with van der Waals surface area (Å²) in [6.07, 6.45) is -3.60. The van der Waals surface area contributed by atoms with Gasteiger partial charge in [-0.05, 0) is 54.1 Å². The first-order valence-electron chi connectivity index (χ1n) is 8.94. The van der Waals surface area contributed by atoms with Gasteiger partial charge in [0.2, 0.25) is 0 Å². The number of amides is 1. The molecule has 1 saturated heterocycles. The number of hydrogen-bond donors (Lipinski definition) is 0. The lowest BCUT2D eigenvalue weighted by Gasteiger charge is -2.43. The van der Waals surface area contributed by atoms with Crippen LogP contribution >= 0.6 is 0 Å². The van der Waals surface area contributed by atoms with E-state index in [0.29, 0.717) is 23.3 Å². The molecule has 1 aromatic carbocycles.